The number of hydrogen-bond acceptors (Lipinski definition) is 12. The molecule has 14 heteroatoms. The molecule has 0 aromatic heterocycles. The molecule has 0 bridgehead atoms. The molecule has 8 atom stereocenters. The van der Waals surface area contributed by atoms with Crippen LogP contribution in [0, 0.1) is 0 Å². The quantitative estimate of drug-likeness (QED) is 0.0149. The summed E-state index contributed by atoms with van der Waals surface area (Å²) in [6, 6.07) is 0. The number of ether oxygens (including phenoxy) is 2. The van der Waals surface area contributed by atoms with Crippen LogP contribution in [0.15, 0.2) is 24.3 Å². The first-order valence-corrected chi connectivity index (χ1v) is 24.6. The molecule has 0 spiro atoms. The highest BCUT2D eigenvalue weighted by Crippen LogP contribution is 2.47. The number of allylic oxidation sites excluding steroid dienone is 4. The maximum atomic E-state index is 12.8. The number of carbonyl (C=O) groups excluding carboxylic acids is 2. The molecule has 6 N–H and O–H groups in total. The van der Waals surface area contributed by atoms with Gasteiger partial charge in [0.15, 0.2) is 6.10 Å². The van der Waals surface area contributed by atoms with Gasteiger partial charge in [0.25, 0.3) is 0 Å². The molecule has 0 aromatic carbocycles. The fourth-order valence-corrected chi connectivity index (χ4v) is 8.00. The number of rotatable bonds is 38. The number of esters is 2. The largest absolute Gasteiger partial charge is 0.472 e. The second kappa shape index (κ2) is 35.9. The van der Waals surface area contributed by atoms with Gasteiger partial charge in [0, 0.05) is 12.8 Å². The Morgan fingerprint density at radius 3 is 1.41 bits per heavy atom. The third kappa shape index (κ3) is 28.5. The zero-order valence-corrected chi connectivity index (χ0v) is 37.4. The number of phosphoric acid groups is 1. The van der Waals surface area contributed by atoms with Gasteiger partial charge in [-0.3, -0.25) is 18.6 Å². The standard InChI is InChI=1S/C45H83O13P/c1-3-5-7-9-11-13-15-17-19-21-23-25-27-29-31-33-38(46)55-35-37(36-56-59(53,54)58-45-43(51)41(49)40(48)42(50)44(45)52)57-39(47)34-32-30-28-26-24-22-20-18-16-14-12-10-8-6-4-2/h11,13,17,19,37,40-45,48-52H,3-10,12,14-16,18,20-36H2,1-2H3,(H,53,54)/b13-11+,19-17+/t37-,40?,41-,42?,43?,44?,45?/m1/s1. The molecule has 0 saturated heterocycles. The van der Waals surface area contributed by atoms with Crippen LogP contribution in [0.3, 0.4) is 0 Å². The van der Waals surface area contributed by atoms with Gasteiger partial charge in [0.05, 0.1) is 6.61 Å². The molecule has 1 aliphatic carbocycles. The van der Waals surface area contributed by atoms with Crippen molar-refractivity contribution in [3.63, 3.8) is 0 Å². The summed E-state index contributed by atoms with van der Waals surface area (Å²) in [5, 5.41) is 50.1. The van der Waals surface area contributed by atoms with Gasteiger partial charge in [0.2, 0.25) is 0 Å². The molecule has 1 fully saturated rings. The van der Waals surface area contributed by atoms with Crippen molar-refractivity contribution >= 4 is 19.8 Å². The molecule has 6 unspecified atom stereocenters. The van der Waals surface area contributed by atoms with Crippen LogP contribution in [0.1, 0.15) is 194 Å². The minimum absolute atomic E-state index is 0.0977. The Kier molecular flexibility index (Phi) is 33.7. The van der Waals surface area contributed by atoms with Gasteiger partial charge in [-0.15, -0.1) is 0 Å². The Labute approximate surface area is 356 Å². The molecule has 1 saturated carbocycles. The zero-order valence-electron chi connectivity index (χ0n) is 36.6. The van der Waals surface area contributed by atoms with Gasteiger partial charge >= 0.3 is 19.8 Å². The van der Waals surface area contributed by atoms with Crippen LogP contribution in [0.2, 0.25) is 0 Å². The van der Waals surface area contributed by atoms with E-state index >= 15 is 0 Å². The van der Waals surface area contributed by atoms with E-state index in [1.165, 1.54) is 83.5 Å². The van der Waals surface area contributed by atoms with Crippen LogP contribution in [0.5, 0.6) is 0 Å². The van der Waals surface area contributed by atoms with E-state index in [0.717, 1.165) is 70.6 Å². The van der Waals surface area contributed by atoms with Gasteiger partial charge in [-0.1, -0.05) is 160 Å². The summed E-state index contributed by atoms with van der Waals surface area (Å²) in [5.41, 5.74) is 0. The van der Waals surface area contributed by atoms with Crippen molar-refractivity contribution in [3.8, 4) is 0 Å². The molecule has 1 rings (SSSR count). The summed E-state index contributed by atoms with van der Waals surface area (Å²) in [7, 11) is -5.12. The maximum Gasteiger partial charge on any atom is 0.472 e. The molecular formula is C45H83O13P. The Morgan fingerprint density at radius 2 is 0.915 bits per heavy atom. The molecule has 0 heterocycles. The predicted molar refractivity (Wildman–Crippen MR) is 230 cm³/mol. The zero-order chi connectivity index (χ0) is 43.6. The SMILES string of the molecule is CCCCC/C=C/C/C=C/CCCCCCCC(=O)OC[C@H](COP(=O)(O)OC1C(O)C(O)C(O)[C@@H](O)C1O)OC(=O)CCCCCCCCCCCCCCCCC. The van der Waals surface area contributed by atoms with Crippen LogP contribution >= 0.6 is 7.82 Å². The van der Waals surface area contributed by atoms with E-state index in [4.69, 9.17) is 18.5 Å². The fourth-order valence-electron chi connectivity index (χ4n) is 7.02. The third-order valence-corrected chi connectivity index (χ3v) is 11.8. The number of phosphoric ester groups is 1. The summed E-state index contributed by atoms with van der Waals surface area (Å²) in [4.78, 5) is 35.7. The molecule has 13 nitrogen and oxygen atoms in total. The summed E-state index contributed by atoms with van der Waals surface area (Å²) in [6.45, 7) is 3.27. The Balaban J connectivity index is 2.46. The topological polar surface area (TPSA) is 210 Å². The van der Waals surface area contributed by atoms with E-state index in [1.54, 1.807) is 0 Å². The lowest BCUT2D eigenvalue weighted by atomic mass is 9.85. The number of carbonyl (C=O) groups is 2. The van der Waals surface area contributed by atoms with Crippen LogP contribution in [0.25, 0.3) is 0 Å². The predicted octanol–water partition coefficient (Wildman–Crippen LogP) is 8.84. The summed E-state index contributed by atoms with van der Waals surface area (Å²) in [5.74, 6) is -1.11. The van der Waals surface area contributed by atoms with Crippen molar-refractivity contribution in [1.29, 1.82) is 0 Å². The lowest BCUT2D eigenvalue weighted by Gasteiger charge is -2.41. The molecule has 346 valence electrons. The minimum atomic E-state index is -5.12. The Bertz CT molecular complexity index is 1130. The smallest absolute Gasteiger partial charge is 0.462 e. The fraction of sp³-hybridized carbons (Fsp3) is 0.867. The normalized spacial score (nSPS) is 22.5. The molecule has 0 radical (unpaired) electrons. The molecular weight excluding hydrogens is 779 g/mol. The van der Waals surface area contributed by atoms with Crippen molar-refractivity contribution in [2.45, 2.75) is 236 Å². The maximum absolute atomic E-state index is 12.8. The molecule has 1 aliphatic rings. The molecule has 0 aliphatic heterocycles. The van der Waals surface area contributed by atoms with Gasteiger partial charge < -0.3 is 39.9 Å². The lowest BCUT2D eigenvalue weighted by Crippen LogP contribution is -2.64. The molecule has 0 amide bonds. The van der Waals surface area contributed by atoms with Crippen molar-refractivity contribution < 1.29 is 63.1 Å². The van der Waals surface area contributed by atoms with Crippen molar-refractivity contribution in [2.24, 2.45) is 0 Å². The lowest BCUT2D eigenvalue weighted by molar-refractivity contribution is -0.220. The van der Waals surface area contributed by atoms with E-state index in [1.807, 2.05) is 0 Å². The molecule has 59 heavy (non-hydrogen) atoms. The van der Waals surface area contributed by atoms with Crippen LogP contribution in [-0.2, 0) is 32.7 Å². The molecule has 0 aromatic rings. The van der Waals surface area contributed by atoms with Crippen LogP contribution in [-0.4, -0.2) is 98.3 Å². The van der Waals surface area contributed by atoms with Crippen molar-refractivity contribution in [3.05, 3.63) is 24.3 Å². The second-order valence-electron chi connectivity index (χ2n) is 16.3. The Morgan fingerprint density at radius 1 is 0.525 bits per heavy atom. The number of aliphatic hydroxyl groups excluding tert-OH is 5. The van der Waals surface area contributed by atoms with E-state index in [0.29, 0.717) is 12.8 Å². The monoisotopic (exact) mass is 863 g/mol. The average molecular weight is 863 g/mol. The van der Waals surface area contributed by atoms with Gasteiger partial charge in [0.1, 0.15) is 43.2 Å². The highest BCUT2D eigenvalue weighted by Gasteiger charge is 2.51. The average Bonchev–Trinajstić information content (AvgIpc) is 3.21. The summed E-state index contributed by atoms with van der Waals surface area (Å²) < 4.78 is 33.5. The first-order valence-electron chi connectivity index (χ1n) is 23.1. The Hall–Kier alpha value is -1.67. The number of aliphatic hydroxyl groups is 5. The van der Waals surface area contributed by atoms with Crippen molar-refractivity contribution in [1.82, 2.24) is 0 Å². The van der Waals surface area contributed by atoms with Crippen LogP contribution in [0.4, 0.5) is 0 Å². The van der Waals surface area contributed by atoms with E-state index in [-0.39, 0.29) is 12.8 Å². The van der Waals surface area contributed by atoms with E-state index in [9.17, 15) is 44.6 Å². The van der Waals surface area contributed by atoms with Crippen LogP contribution < -0.4 is 0 Å². The van der Waals surface area contributed by atoms with E-state index < -0.39 is 75.7 Å². The van der Waals surface area contributed by atoms with Gasteiger partial charge in [-0.25, -0.2) is 4.57 Å². The number of hydrogen-bond donors (Lipinski definition) is 6. The first kappa shape index (κ1) is 55.3. The van der Waals surface area contributed by atoms with Crippen molar-refractivity contribution in [2.75, 3.05) is 13.2 Å². The highest BCUT2D eigenvalue weighted by molar-refractivity contribution is 7.47. The van der Waals surface area contributed by atoms with Gasteiger partial charge in [-0.05, 0) is 44.9 Å². The highest BCUT2D eigenvalue weighted by atomic mass is 31.2. The third-order valence-electron chi connectivity index (χ3n) is 10.8. The first-order chi connectivity index (χ1) is 28.4. The number of unbranched alkanes of at least 4 members (excludes halogenated alkanes) is 22. The summed E-state index contributed by atoms with van der Waals surface area (Å²) in [6.07, 6.45) is 25.1. The second-order valence-corrected chi connectivity index (χ2v) is 17.7. The summed E-state index contributed by atoms with van der Waals surface area (Å²) >= 11 is 0. The van der Waals surface area contributed by atoms with Gasteiger partial charge in [-0.2, -0.15) is 0 Å². The minimum Gasteiger partial charge on any atom is -0.462 e. The van der Waals surface area contributed by atoms with E-state index in [2.05, 4.69) is 38.2 Å².